The van der Waals surface area contributed by atoms with Gasteiger partial charge in [-0.1, -0.05) is 12.1 Å². The fourth-order valence-corrected chi connectivity index (χ4v) is 2.50. The first-order chi connectivity index (χ1) is 9.25. The van der Waals surface area contributed by atoms with Crippen LogP contribution in [-0.4, -0.2) is 50.7 Å². The van der Waals surface area contributed by atoms with E-state index in [1.54, 1.807) is 12.1 Å². The molecule has 1 saturated heterocycles. The van der Waals surface area contributed by atoms with Gasteiger partial charge < -0.3 is 15.5 Å². The molecule has 1 aromatic carbocycles. The summed E-state index contributed by atoms with van der Waals surface area (Å²) in [6, 6.07) is 7.48. The summed E-state index contributed by atoms with van der Waals surface area (Å²) in [6.45, 7) is 5.25. The van der Waals surface area contributed by atoms with Crippen molar-refractivity contribution < 1.29 is 4.39 Å². The molecule has 4 heteroatoms. The summed E-state index contributed by atoms with van der Waals surface area (Å²) in [5.41, 5.74) is 1.06. The monoisotopic (exact) mass is 265 g/mol. The standard InChI is InChI=1S/C15H24FN3/c1-19-10-9-18-12-15(19)6-8-17-7-5-13-3-2-4-14(16)11-13/h2-4,11,15,17-18H,5-10,12H2,1H3. The normalized spacial score (nSPS) is 20.6. The second kappa shape index (κ2) is 7.58. The van der Waals surface area contributed by atoms with Crippen molar-refractivity contribution in [3.63, 3.8) is 0 Å². The Hall–Kier alpha value is -0.970. The summed E-state index contributed by atoms with van der Waals surface area (Å²) < 4.78 is 13.0. The van der Waals surface area contributed by atoms with Gasteiger partial charge in [0.05, 0.1) is 0 Å². The highest BCUT2D eigenvalue weighted by Gasteiger charge is 2.17. The van der Waals surface area contributed by atoms with Crippen molar-refractivity contribution in [3.8, 4) is 0 Å². The van der Waals surface area contributed by atoms with Gasteiger partial charge in [-0.3, -0.25) is 0 Å². The molecule has 1 atom stereocenters. The van der Waals surface area contributed by atoms with Gasteiger partial charge in [-0.15, -0.1) is 0 Å². The van der Waals surface area contributed by atoms with Crippen LogP contribution in [0.5, 0.6) is 0 Å². The van der Waals surface area contributed by atoms with Gasteiger partial charge in [-0.05, 0) is 50.7 Å². The van der Waals surface area contributed by atoms with Crippen molar-refractivity contribution in [2.45, 2.75) is 18.9 Å². The van der Waals surface area contributed by atoms with Gasteiger partial charge in [0.15, 0.2) is 0 Å². The Kier molecular flexibility index (Phi) is 5.76. The molecule has 0 aromatic heterocycles. The van der Waals surface area contributed by atoms with Gasteiger partial charge in [-0.2, -0.15) is 0 Å². The summed E-state index contributed by atoms with van der Waals surface area (Å²) in [6.07, 6.45) is 2.04. The molecule has 0 spiro atoms. The van der Waals surface area contributed by atoms with E-state index >= 15 is 0 Å². The molecule has 2 N–H and O–H groups in total. The zero-order valence-corrected chi connectivity index (χ0v) is 11.7. The molecule has 19 heavy (non-hydrogen) atoms. The molecular formula is C15H24FN3. The summed E-state index contributed by atoms with van der Waals surface area (Å²) in [5.74, 6) is -0.146. The molecule has 1 fully saturated rings. The molecule has 0 aliphatic carbocycles. The average molecular weight is 265 g/mol. The highest BCUT2D eigenvalue weighted by Crippen LogP contribution is 2.05. The van der Waals surface area contributed by atoms with Gasteiger partial charge in [0.25, 0.3) is 0 Å². The number of likely N-dealkylation sites (N-methyl/N-ethyl adjacent to an activating group) is 1. The van der Waals surface area contributed by atoms with E-state index in [0.717, 1.165) is 51.1 Å². The molecule has 106 valence electrons. The third kappa shape index (κ3) is 4.90. The summed E-state index contributed by atoms with van der Waals surface area (Å²) in [4.78, 5) is 2.42. The predicted octanol–water partition coefficient (Wildman–Crippen LogP) is 1.25. The number of rotatable bonds is 6. The number of hydrogen-bond acceptors (Lipinski definition) is 3. The van der Waals surface area contributed by atoms with E-state index in [1.807, 2.05) is 6.07 Å². The molecule has 1 aromatic rings. The minimum atomic E-state index is -0.146. The van der Waals surface area contributed by atoms with Crippen LogP contribution in [0.15, 0.2) is 24.3 Å². The van der Waals surface area contributed by atoms with Crippen LogP contribution in [0, 0.1) is 5.82 Å². The number of piperazine rings is 1. The molecule has 0 saturated carbocycles. The zero-order valence-electron chi connectivity index (χ0n) is 11.7. The molecule has 0 bridgehead atoms. The second-order valence-corrected chi connectivity index (χ2v) is 5.26. The molecule has 1 aliphatic heterocycles. The number of nitrogens with zero attached hydrogens (tertiary/aromatic N) is 1. The van der Waals surface area contributed by atoms with Crippen LogP contribution in [0.3, 0.4) is 0 Å². The van der Waals surface area contributed by atoms with Gasteiger partial charge in [-0.25, -0.2) is 4.39 Å². The molecule has 1 unspecified atom stereocenters. The highest BCUT2D eigenvalue weighted by molar-refractivity contribution is 5.16. The van der Waals surface area contributed by atoms with Gasteiger partial charge in [0.2, 0.25) is 0 Å². The van der Waals surface area contributed by atoms with E-state index in [0.29, 0.717) is 6.04 Å². The van der Waals surface area contributed by atoms with Gasteiger partial charge in [0, 0.05) is 25.7 Å². The van der Waals surface area contributed by atoms with E-state index in [1.165, 1.54) is 6.07 Å². The van der Waals surface area contributed by atoms with E-state index in [2.05, 4.69) is 22.6 Å². The van der Waals surface area contributed by atoms with Crippen LogP contribution < -0.4 is 10.6 Å². The maximum Gasteiger partial charge on any atom is 0.123 e. The van der Waals surface area contributed by atoms with Crippen molar-refractivity contribution in [2.24, 2.45) is 0 Å². The van der Waals surface area contributed by atoms with Crippen LogP contribution in [0.1, 0.15) is 12.0 Å². The minimum absolute atomic E-state index is 0.146. The molecule has 1 aliphatic rings. The molecule has 3 nitrogen and oxygen atoms in total. The summed E-state index contributed by atoms with van der Waals surface area (Å²) in [7, 11) is 2.19. The third-order valence-corrected chi connectivity index (χ3v) is 3.78. The van der Waals surface area contributed by atoms with Crippen LogP contribution >= 0.6 is 0 Å². The predicted molar refractivity (Wildman–Crippen MR) is 76.9 cm³/mol. The van der Waals surface area contributed by atoms with E-state index in [9.17, 15) is 4.39 Å². The third-order valence-electron chi connectivity index (χ3n) is 3.78. The Labute approximate surface area is 115 Å². The van der Waals surface area contributed by atoms with Crippen LogP contribution in [0.25, 0.3) is 0 Å². The number of nitrogens with one attached hydrogen (secondary N) is 2. The first kappa shape index (κ1) is 14.4. The lowest BCUT2D eigenvalue weighted by atomic mass is 10.1. The van der Waals surface area contributed by atoms with Crippen molar-refractivity contribution in [3.05, 3.63) is 35.6 Å². The Morgan fingerprint density at radius 1 is 1.42 bits per heavy atom. The molecule has 0 radical (unpaired) electrons. The van der Waals surface area contributed by atoms with Crippen molar-refractivity contribution in [1.82, 2.24) is 15.5 Å². The molecule has 0 amide bonds. The maximum atomic E-state index is 13.0. The lowest BCUT2D eigenvalue weighted by Gasteiger charge is -2.33. The molecule has 1 heterocycles. The van der Waals surface area contributed by atoms with Gasteiger partial charge >= 0.3 is 0 Å². The quantitative estimate of drug-likeness (QED) is 0.758. The van der Waals surface area contributed by atoms with Crippen molar-refractivity contribution in [1.29, 1.82) is 0 Å². The van der Waals surface area contributed by atoms with E-state index in [-0.39, 0.29) is 5.82 Å². The first-order valence-electron chi connectivity index (χ1n) is 7.12. The number of benzene rings is 1. The smallest absolute Gasteiger partial charge is 0.123 e. The Balaban J connectivity index is 1.59. The zero-order chi connectivity index (χ0) is 13.5. The lowest BCUT2D eigenvalue weighted by molar-refractivity contribution is 0.190. The Morgan fingerprint density at radius 2 is 2.32 bits per heavy atom. The van der Waals surface area contributed by atoms with Gasteiger partial charge in [0.1, 0.15) is 5.82 Å². The fraction of sp³-hybridized carbons (Fsp3) is 0.600. The number of hydrogen-bond donors (Lipinski definition) is 2. The topological polar surface area (TPSA) is 27.3 Å². The average Bonchev–Trinajstić information content (AvgIpc) is 2.40. The molecular weight excluding hydrogens is 241 g/mol. The SMILES string of the molecule is CN1CCNCC1CCNCCc1cccc(F)c1. The largest absolute Gasteiger partial charge is 0.316 e. The first-order valence-corrected chi connectivity index (χ1v) is 7.12. The Morgan fingerprint density at radius 3 is 3.11 bits per heavy atom. The second-order valence-electron chi connectivity index (χ2n) is 5.26. The van der Waals surface area contributed by atoms with E-state index < -0.39 is 0 Å². The van der Waals surface area contributed by atoms with Crippen molar-refractivity contribution in [2.75, 3.05) is 39.8 Å². The van der Waals surface area contributed by atoms with Crippen molar-refractivity contribution >= 4 is 0 Å². The minimum Gasteiger partial charge on any atom is -0.316 e. The fourth-order valence-electron chi connectivity index (χ4n) is 2.50. The van der Waals surface area contributed by atoms with E-state index in [4.69, 9.17) is 0 Å². The summed E-state index contributed by atoms with van der Waals surface area (Å²) >= 11 is 0. The van der Waals surface area contributed by atoms with Crippen LogP contribution in [0.2, 0.25) is 0 Å². The number of halogens is 1. The lowest BCUT2D eigenvalue weighted by Crippen LogP contribution is -2.50. The maximum absolute atomic E-state index is 13.0. The van der Waals surface area contributed by atoms with Crippen LogP contribution in [0.4, 0.5) is 4.39 Å². The molecule has 2 rings (SSSR count). The Bertz CT molecular complexity index is 383. The summed E-state index contributed by atoms with van der Waals surface area (Å²) in [5, 5.41) is 6.87. The van der Waals surface area contributed by atoms with Crippen LogP contribution in [-0.2, 0) is 6.42 Å². The highest BCUT2D eigenvalue weighted by atomic mass is 19.1.